The zero-order valence-corrected chi connectivity index (χ0v) is 23.6. The van der Waals surface area contributed by atoms with E-state index in [1.165, 1.54) is 42.5 Å². The van der Waals surface area contributed by atoms with Crippen molar-refractivity contribution in [3.8, 4) is 23.0 Å². The molecule has 0 aliphatic carbocycles. The number of phenols is 4. The number of aromatic hydroxyl groups is 4. The van der Waals surface area contributed by atoms with Crippen molar-refractivity contribution in [1.82, 2.24) is 0 Å². The van der Waals surface area contributed by atoms with Gasteiger partial charge in [0.1, 0.15) is 42.7 Å². The lowest BCUT2D eigenvalue weighted by Gasteiger charge is -2.46. The van der Waals surface area contributed by atoms with E-state index >= 15 is 0 Å². The SMILES string of the molecule is O=C(C=Cc1ccc(O)c(O)c1)O[C@H]1[C@H](O)[C@@H](O[C@@H]2O[C@H](CO)[C@@H](O)[C@H](OCCc3ccc(O)c(O)c3)[C@H]2O)[C@H](O)O[C@@H]1CO. The smallest absolute Gasteiger partial charge is 0.331 e. The summed E-state index contributed by atoms with van der Waals surface area (Å²) in [7, 11) is 0. The van der Waals surface area contributed by atoms with Crippen LogP contribution in [0.5, 0.6) is 23.0 Å². The Morgan fingerprint density at radius 2 is 1.42 bits per heavy atom. The van der Waals surface area contributed by atoms with Crippen LogP contribution in [0.15, 0.2) is 42.5 Å². The molecule has 0 radical (unpaired) electrons. The molecule has 2 aliphatic rings. The maximum absolute atomic E-state index is 12.5. The van der Waals surface area contributed by atoms with Gasteiger partial charge in [-0.15, -0.1) is 0 Å². The quantitative estimate of drug-likeness (QED) is 0.0720. The Morgan fingerprint density at radius 1 is 0.756 bits per heavy atom. The molecular formula is C29H36O16. The Kier molecular flexibility index (Phi) is 11.6. The summed E-state index contributed by atoms with van der Waals surface area (Å²) in [6, 6.07) is 7.89. The number of carbonyl (C=O) groups excluding carboxylic acids is 1. The van der Waals surface area contributed by atoms with Gasteiger partial charge in [0.05, 0.1) is 19.8 Å². The summed E-state index contributed by atoms with van der Waals surface area (Å²) in [5, 5.41) is 101. The molecule has 248 valence electrons. The second kappa shape index (κ2) is 15.2. The maximum Gasteiger partial charge on any atom is 0.331 e. The standard InChI is InChI=1S/C29H36O16/c30-11-19-22(37)26(41-8-7-14-2-5-16(33)18(35)10-14)24(39)29(43-19)45-27-23(38)25(20(12-31)42-28(27)40)44-21(36)6-3-13-1-4-15(32)17(34)9-13/h1-6,9-10,19-20,22-35,37-40H,7-8,11-12H2/t19-,20-,22-,23+,24-,25-,26+,27-,28-,29+/m1/s1. The highest BCUT2D eigenvalue weighted by Crippen LogP contribution is 2.31. The zero-order chi connectivity index (χ0) is 32.8. The minimum Gasteiger partial charge on any atom is -0.504 e. The molecule has 2 aliphatic heterocycles. The number of aliphatic hydroxyl groups excluding tert-OH is 6. The highest BCUT2D eigenvalue weighted by molar-refractivity contribution is 5.87. The molecule has 0 spiro atoms. The van der Waals surface area contributed by atoms with Crippen LogP contribution in [0.3, 0.4) is 0 Å². The van der Waals surface area contributed by atoms with E-state index in [-0.39, 0.29) is 30.3 Å². The van der Waals surface area contributed by atoms with Crippen LogP contribution in [0, 0.1) is 0 Å². The van der Waals surface area contributed by atoms with Crippen molar-refractivity contribution in [2.75, 3.05) is 19.8 Å². The molecule has 16 nitrogen and oxygen atoms in total. The average molecular weight is 641 g/mol. The number of benzene rings is 2. The number of hydrogen-bond donors (Lipinski definition) is 10. The number of rotatable bonds is 11. The number of ether oxygens (including phenoxy) is 5. The molecule has 0 saturated carbocycles. The van der Waals surface area contributed by atoms with Gasteiger partial charge >= 0.3 is 5.97 Å². The predicted molar refractivity (Wildman–Crippen MR) is 149 cm³/mol. The van der Waals surface area contributed by atoms with Crippen molar-refractivity contribution in [2.24, 2.45) is 0 Å². The first kappa shape index (κ1) is 34.3. The van der Waals surface area contributed by atoms with Crippen molar-refractivity contribution in [2.45, 2.75) is 67.8 Å². The normalized spacial score (nSPS) is 32.0. The third-order valence-corrected chi connectivity index (χ3v) is 7.33. The molecule has 0 aromatic heterocycles. The fourth-order valence-electron chi connectivity index (χ4n) is 4.89. The average Bonchev–Trinajstić information content (AvgIpc) is 3.01. The predicted octanol–water partition coefficient (Wildman–Crippen LogP) is -2.04. The van der Waals surface area contributed by atoms with E-state index < -0.39 is 86.3 Å². The summed E-state index contributed by atoms with van der Waals surface area (Å²) >= 11 is 0. The lowest BCUT2D eigenvalue weighted by molar-refractivity contribution is -0.364. The molecule has 2 saturated heterocycles. The summed E-state index contributed by atoms with van der Waals surface area (Å²) in [6.45, 7) is -1.62. The van der Waals surface area contributed by atoms with E-state index in [4.69, 9.17) is 23.7 Å². The number of aliphatic hydroxyl groups is 6. The Morgan fingerprint density at radius 3 is 2.07 bits per heavy atom. The first-order chi connectivity index (χ1) is 21.4. The highest BCUT2D eigenvalue weighted by atomic mass is 16.7. The van der Waals surface area contributed by atoms with Crippen molar-refractivity contribution in [1.29, 1.82) is 0 Å². The van der Waals surface area contributed by atoms with Crippen LogP contribution in [-0.4, -0.2) is 138 Å². The second-order valence-electron chi connectivity index (χ2n) is 10.4. The van der Waals surface area contributed by atoms with Crippen LogP contribution in [0.4, 0.5) is 0 Å². The van der Waals surface area contributed by atoms with Gasteiger partial charge in [-0.2, -0.15) is 0 Å². The third-order valence-electron chi connectivity index (χ3n) is 7.33. The molecule has 0 amide bonds. The summed E-state index contributed by atoms with van der Waals surface area (Å²) in [5.74, 6) is -2.47. The molecule has 16 heteroatoms. The fraction of sp³-hybridized carbons (Fsp3) is 0.483. The van der Waals surface area contributed by atoms with Gasteiger partial charge in [0.15, 0.2) is 41.7 Å². The summed E-state index contributed by atoms with van der Waals surface area (Å²) in [5.41, 5.74) is 0.883. The lowest BCUT2D eigenvalue weighted by Crippen LogP contribution is -2.65. The van der Waals surface area contributed by atoms with Crippen LogP contribution in [0.25, 0.3) is 6.08 Å². The van der Waals surface area contributed by atoms with Gasteiger partial charge in [-0.05, 0) is 47.9 Å². The minimum atomic E-state index is -1.92. The molecule has 4 rings (SSSR count). The largest absolute Gasteiger partial charge is 0.504 e. The van der Waals surface area contributed by atoms with Crippen LogP contribution < -0.4 is 0 Å². The topological polar surface area (TPSA) is 266 Å². The monoisotopic (exact) mass is 640 g/mol. The van der Waals surface area contributed by atoms with Crippen molar-refractivity contribution in [3.63, 3.8) is 0 Å². The van der Waals surface area contributed by atoms with Gasteiger partial charge in [-0.25, -0.2) is 4.79 Å². The van der Waals surface area contributed by atoms with E-state index in [0.29, 0.717) is 11.1 Å². The van der Waals surface area contributed by atoms with E-state index in [1.807, 2.05) is 0 Å². The van der Waals surface area contributed by atoms with Crippen molar-refractivity contribution >= 4 is 12.0 Å². The zero-order valence-electron chi connectivity index (χ0n) is 23.6. The molecule has 0 unspecified atom stereocenters. The van der Waals surface area contributed by atoms with Crippen LogP contribution in [0.2, 0.25) is 0 Å². The van der Waals surface area contributed by atoms with Crippen molar-refractivity contribution < 1.29 is 79.5 Å². The van der Waals surface area contributed by atoms with Gasteiger partial charge in [-0.1, -0.05) is 12.1 Å². The Labute approximate surface area is 256 Å². The van der Waals surface area contributed by atoms with Gasteiger partial charge in [-0.3, -0.25) is 0 Å². The van der Waals surface area contributed by atoms with Gasteiger partial charge in [0, 0.05) is 6.08 Å². The Balaban J connectivity index is 1.43. The molecule has 10 atom stereocenters. The van der Waals surface area contributed by atoms with E-state index in [0.717, 1.165) is 6.08 Å². The van der Waals surface area contributed by atoms with Gasteiger partial charge < -0.3 is 74.7 Å². The molecule has 0 bridgehead atoms. The third kappa shape index (κ3) is 8.19. The molecule has 10 N–H and O–H groups in total. The molecule has 2 fully saturated rings. The highest BCUT2D eigenvalue weighted by Gasteiger charge is 2.52. The van der Waals surface area contributed by atoms with Gasteiger partial charge in [0.25, 0.3) is 0 Å². The Hall–Kier alpha value is -3.55. The van der Waals surface area contributed by atoms with Crippen LogP contribution >= 0.6 is 0 Å². The van der Waals surface area contributed by atoms with E-state index in [1.54, 1.807) is 0 Å². The summed E-state index contributed by atoms with van der Waals surface area (Å²) in [6.07, 6.45) is -13.8. The van der Waals surface area contributed by atoms with Crippen molar-refractivity contribution in [3.05, 3.63) is 53.6 Å². The summed E-state index contributed by atoms with van der Waals surface area (Å²) < 4.78 is 27.3. The van der Waals surface area contributed by atoms with Crippen LogP contribution in [-0.2, 0) is 34.9 Å². The summed E-state index contributed by atoms with van der Waals surface area (Å²) in [4.78, 5) is 12.5. The molecule has 2 heterocycles. The molecule has 2 aromatic carbocycles. The van der Waals surface area contributed by atoms with E-state index in [9.17, 15) is 55.9 Å². The Bertz CT molecular complexity index is 1320. The molecular weight excluding hydrogens is 604 g/mol. The number of carbonyl (C=O) groups is 1. The minimum absolute atomic E-state index is 0.0981. The first-order valence-corrected chi connectivity index (χ1v) is 13.9. The number of hydrogen-bond acceptors (Lipinski definition) is 16. The van der Waals surface area contributed by atoms with Crippen LogP contribution in [0.1, 0.15) is 11.1 Å². The lowest BCUT2D eigenvalue weighted by atomic mass is 9.97. The number of esters is 1. The number of phenolic OH excluding ortho intramolecular Hbond substituents is 4. The first-order valence-electron chi connectivity index (χ1n) is 13.9. The maximum atomic E-state index is 12.5. The molecule has 2 aromatic rings. The fourth-order valence-corrected chi connectivity index (χ4v) is 4.89. The van der Waals surface area contributed by atoms with E-state index in [2.05, 4.69) is 0 Å². The molecule has 45 heavy (non-hydrogen) atoms. The van der Waals surface area contributed by atoms with Gasteiger partial charge in [0.2, 0.25) is 0 Å². The second-order valence-corrected chi connectivity index (χ2v) is 10.4.